The fraction of sp³-hybridized carbons (Fsp3) is 0.150. The molecule has 0 radical (unpaired) electrons. The Labute approximate surface area is 141 Å². The first-order chi connectivity index (χ1) is 11.2. The predicted molar refractivity (Wildman–Crippen MR) is 99.6 cm³/mol. The van der Waals surface area contributed by atoms with Gasteiger partial charge in [0.15, 0.2) is 0 Å². The summed E-state index contributed by atoms with van der Waals surface area (Å²) >= 11 is 6.01. The van der Waals surface area contributed by atoms with E-state index in [4.69, 9.17) is 16.6 Å². The molecule has 0 bridgehead atoms. The Kier molecular flexibility index (Phi) is 4.63. The number of nitrogens with zero attached hydrogens (tertiary/aromatic N) is 2. The average Bonchev–Trinajstić information content (AvgIpc) is 2.95. The van der Waals surface area contributed by atoms with Crippen molar-refractivity contribution in [3.8, 4) is 11.4 Å². The van der Waals surface area contributed by atoms with Crippen molar-refractivity contribution in [3.63, 3.8) is 0 Å². The maximum atomic E-state index is 6.01. The van der Waals surface area contributed by atoms with Gasteiger partial charge in [-0.3, -0.25) is 4.57 Å². The number of fused-ring (bicyclic) bond motifs is 1. The molecular formula is C20H19ClN2. The summed E-state index contributed by atoms with van der Waals surface area (Å²) in [7, 11) is 0. The van der Waals surface area contributed by atoms with Crippen LogP contribution in [-0.4, -0.2) is 9.55 Å². The topological polar surface area (TPSA) is 17.8 Å². The molecule has 116 valence electrons. The van der Waals surface area contributed by atoms with Gasteiger partial charge in [0.1, 0.15) is 5.82 Å². The second kappa shape index (κ2) is 6.84. The minimum atomic E-state index is 0.725. The normalized spacial score (nSPS) is 11.4. The molecule has 0 unspecified atom stereocenters. The number of para-hydroxylation sites is 2. The first-order valence-corrected chi connectivity index (χ1v) is 8.11. The van der Waals surface area contributed by atoms with Gasteiger partial charge in [0.2, 0.25) is 0 Å². The Hall–Kier alpha value is -2.32. The Bertz CT molecular complexity index is 857. The van der Waals surface area contributed by atoms with Gasteiger partial charge < -0.3 is 0 Å². The van der Waals surface area contributed by atoms with E-state index in [-0.39, 0.29) is 0 Å². The molecule has 2 nitrogen and oxygen atoms in total. The van der Waals surface area contributed by atoms with Gasteiger partial charge in [-0.25, -0.2) is 4.98 Å². The van der Waals surface area contributed by atoms with E-state index in [0.29, 0.717) is 0 Å². The highest BCUT2D eigenvalue weighted by molar-refractivity contribution is 6.30. The number of allylic oxidation sites excluding steroid dienone is 3. The van der Waals surface area contributed by atoms with Crippen LogP contribution >= 0.6 is 11.6 Å². The summed E-state index contributed by atoms with van der Waals surface area (Å²) in [4.78, 5) is 4.80. The zero-order valence-electron chi connectivity index (χ0n) is 13.2. The van der Waals surface area contributed by atoms with Crippen molar-refractivity contribution < 1.29 is 0 Å². The zero-order valence-corrected chi connectivity index (χ0v) is 13.9. The molecule has 3 heteroatoms. The molecule has 23 heavy (non-hydrogen) atoms. The van der Waals surface area contributed by atoms with E-state index in [1.807, 2.05) is 49.4 Å². The molecule has 3 aromatic rings. The van der Waals surface area contributed by atoms with Crippen LogP contribution in [0.2, 0.25) is 5.02 Å². The van der Waals surface area contributed by atoms with Gasteiger partial charge in [-0.05, 0) is 56.2 Å². The van der Waals surface area contributed by atoms with Gasteiger partial charge in [0.25, 0.3) is 0 Å². The lowest BCUT2D eigenvalue weighted by Gasteiger charge is -2.12. The zero-order chi connectivity index (χ0) is 16.2. The maximum absolute atomic E-state index is 6.01. The monoisotopic (exact) mass is 322 g/mol. The SMILES string of the molecule is C=C(CC/C=C\C)n1c(-c2ccc(Cl)cc2)nc2ccccc21. The molecule has 0 fully saturated rings. The smallest absolute Gasteiger partial charge is 0.145 e. The molecule has 1 aromatic heterocycles. The quantitative estimate of drug-likeness (QED) is 0.512. The lowest BCUT2D eigenvalue weighted by atomic mass is 10.2. The summed E-state index contributed by atoms with van der Waals surface area (Å²) in [6.07, 6.45) is 6.10. The number of rotatable bonds is 5. The lowest BCUT2D eigenvalue weighted by molar-refractivity contribution is 0.975. The largest absolute Gasteiger partial charge is 0.297 e. The summed E-state index contributed by atoms with van der Waals surface area (Å²) in [5.74, 6) is 0.911. The molecule has 0 aliphatic carbocycles. The Morgan fingerprint density at radius 2 is 1.91 bits per heavy atom. The Morgan fingerprint density at radius 3 is 2.65 bits per heavy atom. The summed E-state index contributed by atoms with van der Waals surface area (Å²) in [5.41, 5.74) is 4.15. The van der Waals surface area contributed by atoms with E-state index in [0.717, 1.165) is 46.0 Å². The minimum Gasteiger partial charge on any atom is -0.297 e. The third-order valence-corrected chi connectivity index (χ3v) is 4.07. The van der Waals surface area contributed by atoms with Crippen LogP contribution in [0.3, 0.4) is 0 Å². The summed E-state index contributed by atoms with van der Waals surface area (Å²) in [6.45, 7) is 6.32. The van der Waals surface area contributed by atoms with Crippen LogP contribution in [0, 0.1) is 0 Å². The van der Waals surface area contributed by atoms with Crippen molar-refractivity contribution >= 4 is 28.3 Å². The van der Waals surface area contributed by atoms with Crippen molar-refractivity contribution in [2.75, 3.05) is 0 Å². The average molecular weight is 323 g/mol. The molecule has 3 rings (SSSR count). The molecule has 0 spiro atoms. The van der Waals surface area contributed by atoms with Crippen LogP contribution in [0.15, 0.2) is 67.3 Å². The molecule has 0 amide bonds. The molecular weight excluding hydrogens is 304 g/mol. The minimum absolute atomic E-state index is 0.725. The first-order valence-electron chi connectivity index (χ1n) is 7.73. The summed E-state index contributed by atoms with van der Waals surface area (Å²) in [6, 6.07) is 15.9. The number of hydrogen-bond donors (Lipinski definition) is 0. The van der Waals surface area contributed by atoms with Crippen molar-refractivity contribution in [3.05, 3.63) is 72.3 Å². The number of hydrogen-bond acceptors (Lipinski definition) is 1. The van der Waals surface area contributed by atoms with E-state index in [2.05, 4.69) is 29.4 Å². The molecule has 0 saturated heterocycles. The van der Waals surface area contributed by atoms with Crippen molar-refractivity contribution in [1.29, 1.82) is 0 Å². The standard InChI is InChI=1S/C20H19ClN2/c1-3-4-5-8-15(2)23-19-10-7-6-9-18(19)22-20(23)16-11-13-17(21)14-12-16/h3-4,6-7,9-14H,2,5,8H2,1H3/b4-3-. The Morgan fingerprint density at radius 1 is 1.17 bits per heavy atom. The van der Waals surface area contributed by atoms with Gasteiger partial charge in [-0.1, -0.05) is 42.5 Å². The second-order valence-electron chi connectivity index (χ2n) is 5.44. The van der Waals surface area contributed by atoms with Crippen LogP contribution < -0.4 is 0 Å². The van der Waals surface area contributed by atoms with Crippen LogP contribution in [0.5, 0.6) is 0 Å². The van der Waals surface area contributed by atoms with Crippen molar-refractivity contribution in [2.24, 2.45) is 0 Å². The number of aromatic nitrogens is 2. The molecule has 0 saturated carbocycles. The number of halogens is 1. The van der Waals surface area contributed by atoms with E-state index < -0.39 is 0 Å². The number of imidazole rings is 1. The van der Waals surface area contributed by atoms with Gasteiger partial charge in [-0.2, -0.15) is 0 Å². The van der Waals surface area contributed by atoms with E-state index >= 15 is 0 Å². The molecule has 0 N–H and O–H groups in total. The van der Waals surface area contributed by atoms with Gasteiger partial charge >= 0.3 is 0 Å². The number of benzene rings is 2. The molecule has 1 heterocycles. The maximum Gasteiger partial charge on any atom is 0.145 e. The van der Waals surface area contributed by atoms with Crippen LogP contribution in [-0.2, 0) is 0 Å². The van der Waals surface area contributed by atoms with Gasteiger partial charge in [-0.15, -0.1) is 0 Å². The fourth-order valence-electron chi connectivity index (χ4n) is 2.67. The van der Waals surface area contributed by atoms with Crippen LogP contribution in [0.4, 0.5) is 0 Å². The highest BCUT2D eigenvalue weighted by atomic mass is 35.5. The van der Waals surface area contributed by atoms with Gasteiger partial charge in [0.05, 0.1) is 11.0 Å². The molecule has 2 aromatic carbocycles. The van der Waals surface area contributed by atoms with Gasteiger partial charge in [0, 0.05) is 16.3 Å². The van der Waals surface area contributed by atoms with Crippen LogP contribution in [0.1, 0.15) is 19.8 Å². The van der Waals surface area contributed by atoms with Crippen LogP contribution in [0.25, 0.3) is 28.1 Å². The predicted octanol–water partition coefficient (Wildman–Crippen LogP) is 6.18. The molecule has 0 atom stereocenters. The van der Waals surface area contributed by atoms with E-state index in [9.17, 15) is 0 Å². The molecule has 0 aliphatic heterocycles. The third-order valence-electron chi connectivity index (χ3n) is 3.81. The highest BCUT2D eigenvalue weighted by Gasteiger charge is 2.14. The highest BCUT2D eigenvalue weighted by Crippen LogP contribution is 2.29. The second-order valence-corrected chi connectivity index (χ2v) is 5.88. The third kappa shape index (κ3) is 3.22. The lowest BCUT2D eigenvalue weighted by Crippen LogP contribution is -1.99. The summed E-state index contributed by atoms with van der Waals surface area (Å²) < 4.78 is 2.15. The fourth-order valence-corrected chi connectivity index (χ4v) is 2.79. The first kappa shape index (κ1) is 15.6. The van der Waals surface area contributed by atoms with E-state index in [1.165, 1.54) is 0 Å². The van der Waals surface area contributed by atoms with Crippen molar-refractivity contribution in [2.45, 2.75) is 19.8 Å². The van der Waals surface area contributed by atoms with Crippen molar-refractivity contribution in [1.82, 2.24) is 9.55 Å². The van der Waals surface area contributed by atoms with E-state index in [1.54, 1.807) is 0 Å². The molecule has 0 aliphatic rings. The summed E-state index contributed by atoms with van der Waals surface area (Å²) in [5, 5.41) is 0.725. The Balaban J connectivity index is 2.11.